The lowest BCUT2D eigenvalue weighted by Gasteiger charge is -1.98. The van der Waals surface area contributed by atoms with Crippen LogP contribution in [0.15, 0.2) is 24.3 Å². The molecule has 0 bridgehead atoms. The number of hydrogen-bond donors (Lipinski definition) is 0. The van der Waals surface area contributed by atoms with Crippen molar-refractivity contribution in [2.24, 2.45) is 0 Å². The van der Waals surface area contributed by atoms with Gasteiger partial charge in [-0.3, -0.25) is 0 Å². The largest absolute Gasteiger partial charge is 0.245 e. The zero-order valence-electron chi connectivity index (χ0n) is 10.4. The van der Waals surface area contributed by atoms with Crippen LogP contribution in [0.3, 0.4) is 0 Å². The SMILES string of the molecule is N#CCc1sc(Cc2cccc(Cl)c2)nc1C1CC1. The first kappa shape index (κ1) is 12.7. The van der Waals surface area contributed by atoms with Crippen molar-refractivity contribution in [1.29, 1.82) is 5.26 Å². The fourth-order valence-corrected chi connectivity index (χ4v) is 3.52. The summed E-state index contributed by atoms with van der Waals surface area (Å²) in [5.41, 5.74) is 2.34. The van der Waals surface area contributed by atoms with Gasteiger partial charge in [-0.1, -0.05) is 23.7 Å². The predicted molar refractivity (Wildman–Crippen MR) is 77.7 cm³/mol. The molecule has 0 spiro atoms. The number of nitriles is 1. The summed E-state index contributed by atoms with van der Waals surface area (Å²) in [6.07, 6.45) is 3.73. The molecule has 0 unspecified atom stereocenters. The molecule has 1 aromatic heterocycles. The number of halogens is 1. The molecule has 1 aromatic carbocycles. The maximum Gasteiger partial charge on any atom is 0.0975 e. The molecular weight excluding hydrogens is 276 g/mol. The van der Waals surface area contributed by atoms with Gasteiger partial charge in [0.1, 0.15) is 0 Å². The van der Waals surface area contributed by atoms with Crippen LogP contribution < -0.4 is 0 Å². The molecule has 0 aliphatic heterocycles. The van der Waals surface area contributed by atoms with Crippen molar-refractivity contribution in [2.45, 2.75) is 31.6 Å². The fourth-order valence-electron chi connectivity index (χ4n) is 2.19. The third-order valence-electron chi connectivity index (χ3n) is 3.22. The van der Waals surface area contributed by atoms with Gasteiger partial charge in [-0.05, 0) is 30.5 Å². The summed E-state index contributed by atoms with van der Waals surface area (Å²) in [6.45, 7) is 0. The Morgan fingerprint density at radius 2 is 2.26 bits per heavy atom. The number of nitrogens with zero attached hydrogens (tertiary/aromatic N) is 2. The molecular formula is C15H13ClN2S. The van der Waals surface area contributed by atoms with E-state index in [4.69, 9.17) is 21.8 Å². The van der Waals surface area contributed by atoms with Crippen LogP contribution in [0, 0.1) is 11.3 Å². The summed E-state index contributed by atoms with van der Waals surface area (Å²) < 4.78 is 0. The first-order chi connectivity index (χ1) is 9.26. The third-order valence-corrected chi connectivity index (χ3v) is 4.53. The summed E-state index contributed by atoms with van der Waals surface area (Å²) in [6, 6.07) is 10.1. The van der Waals surface area contributed by atoms with Crippen molar-refractivity contribution in [3.8, 4) is 6.07 Å². The van der Waals surface area contributed by atoms with Gasteiger partial charge in [0.25, 0.3) is 0 Å². The highest BCUT2D eigenvalue weighted by atomic mass is 35.5. The molecule has 1 aliphatic rings. The Labute approximate surface area is 121 Å². The second kappa shape index (κ2) is 5.32. The summed E-state index contributed by atoms with van der Waals surface area (Å²) in [4.78, 5) is 5.89. The van der Waals surface area contributed by atoms with Crippen LogP contribution in [0.25, 0.3) is 0 Å². The smallest absolute Gasteiger partial charge is 0.0975 e. The molecule has 1 heterocycles. The van der Waals surface area contributed by atoms with Gasteiger partial charge in [0.05, 0.1) is 23.2 Å². The van der Waals surface area contributed by atoms with Crippen molar-refractivity contribution < 1.29 is 0 Å². The van der Waals surface area contributed by atoms with Gasteiger partial charge >= 0.3 is 0 Å². The fraction of sp³-hybridized carbons (Fsp3) is 0.333. The van der Waals surface area contributed by atoms with Crippen LogP contribution in [0.4, 0.5) is 0 Å². The van der Waals surface area contributed by atoms with Gasteiger partial charge in [0.2, 0.25) is 0 Å². The maximum atomic E-state index is 8.89. The number of hydrogen-bond acceptors (Lipinski definition) is 3. The molecule has 3 rings (SSSR count). The minimum absolute atomic E-state index is 0.485. The van der Waals surface area contributed by atoms with E-state index in [1.165, 1.54) is 24.1 Å². The highest BCUT2D eigenvalue weighted by molar-refractivity contribution is 7.11. The number of thiazole rings is 1. The summed E-state index contributed by atoms with van der Waals surface area (Å²) in [7, 11) is 0. The van der Waals surface area contributed by atoms with Crippen molar-refractivity contribution >= 4 is 22.9 Å². The van der Waals surface area contributed by atoms with E-state index in [0.717, 1.165) is 21.3 Å². The minimum atomic E-state index is 0.485. The second-order valence-corrected chi connectivity index (χ2v) is 6.44. The zero-order valence-corrected chi connectivity index (χ0v) is 12.0. The van der Waals surface area contributed by atoms with E-state index in [9.17, 15) is 0 Å². The molecule has 1 fully saturated rings. The van der Waals surface area contributed by atoms with E-state index in [0.29, 0.717) is 12.3 Å². The Balaban J connectivity index is 1.85. The number of benzene rings is 1. The van der Waals surface area contributed by atoms with Gasteiger partial charge in [-0.15, -0.1) is 11.3 Å². The average molecular weight is 289 g/mol. The van der Waals surface area contributed by atoms with Gasteiger partial charge in [-0.25, -0.2) is 4.98 Å². The number of rotatable bonds is 4. The van der Waals surface area contributed by atoms with Crippen LogP contribution in [-0.4, -0.2) is 4.98 Å². The highest BCUT2D eigenvalue weighted by Gasteiger charge is 2.29. The van der Waals surface area contributed by atoms with Crippen molar-refractivity contribution in [3.05, 3.63) is 50.4 Å². The van der Waals surface area contributed by atoms with E-state index < -0.39 is 0 Å². The molecule has 2 nitrogen and oxygen atoms in total. The molecule has 0 saturated heterocycles. The van der Waals surface area contributed by atoms with Crippen LogP contribution in [0.2, 0.25) is 5.02 Å². The molecule has 96 valence electrons. The summed E-state index contributed by atoms with van der Waals surface area (Å²) >= 11 is 7.67. The topological polar surface area (TPSA) is 36.7 Å². The lowest BCUT2D eigenvalue weighted by atomic mass is 10.1. The predicted octanol–water partition coefficient (Wildman–Crippen LogP) is 4.33. The Kier molecular flexibility index (Phi) is 3.54. The van der Waals surface area contributed by atoms with Crippen molar-refractivity contribution in [3.63, 3.8) is 0 Å². The Morgan fingerprint density at radius 3 is 2.95 bits per heavy atom. The van der Waals surface area contributed by atoms with Crippen LogP contribution in [0.1, 0.15) is 39.9 Å². The lowest BCUT2D eigenvalue weighted by molar-refractivity contribution is 0.985. The molecule has 4 heteroatoms. The van der Waals surface area contributed by atoms with Crippen molar-refractivity contribution in [2.75, 3.05) is 0 Å². The Morgan fingerprint density at radius 1 is 1.42 bits per heavy atom. The first-order valence-electron chi connectivity index (χ1n) is 6.36. The van der Waals surface area contributed by atoms with E-state index >= 15 is 0 Å². The molecule has 2 aromatic rings. The molecule has 19 heavy (non-hydrogen) atoms. The minimum Gasteiger partial charge on any atom is -0.245 e. The standard InChI is InChI=1S/C15H13ClN2S/c16-12-3-1-2-10(8-12)9-14-18-15(11-4-5-11)13(19-14)6-7-17/h1-3,8,11H,4-6,9H2. The Hall–Kier alpha value is -1.37. The van der Waals surface area contributed by atoms with E-state index in [-0.39, 0.29) is 0 Å². The second-order valence-electron chi connectivity index (χ2n) is 4.83. The molecule has 0 radical (unpaired) electrons. The first-order valence-corrected chi connectivity index (χ1v) is 7.55. The van der Waals surface area contributed by atoms with Crippen LogP contribution in [0.5, 0.6) is 0 Å². The van der Waals surface area contributed by atoms with Gasteiger partial charge in [-0.2, -0.15) is 5.26 Å². The van der Waals surface area contributed by atoms with E-state index in [1.54, 1.807) is 11.3 Å². The van der Waals surface area contributed by atoms with Gasteiger partial charge in [0.15, 0.2) is 0 Å². The molecule has 0 N–H and O–H groups in total. The van der Waals surface area contributed by atoms with Crippen LogP contribution >= 0.6 is 22.9 Å². The quantitative estimate of drug-likeness (QED) is 0.839. The number of aromatic nitrogens is 1. The lowest BCUT2D eigenvalue weighted by Crippen LogP contribution is -1.89. The molecule has 1 aliphatic carbocycles. The third kappa shape index (κ3) is 2.97. The molecule has 0 amide bonds. The average Bonchev–Trinajstić information content (AvgIpc) is 3.14. The van der Waals surface area contributed by atoms with Gasteiger partial charge < -0.3 is 0 Å². The summed E-state index contributed by atoms with van der Waals surface area (Å²) in [5, 5.41) is 10.7. The monoisotopic (exact) mass is 288 g/mol. The summed E-state index contributed by atoms with van der Waals surface area (Å²) in [5.74, 6) is 0.604. The highest BCUT2D eigenvalue weighted by Crippen LogP contribution is 2.43. The normalized spacial score (nSPS) is 14.3. The molecule has 1 saturated carbocycles. The zero-order chi connectivity index (χ0) is 13.2. The van der Waals surface area contributed by atoms with Crippen molar-refractivity contribution in [1.82, 2.24) is 4.98 Å². The maximum absolute atomic E-state index is 8.89. The Bertz CT molecular complexity index is 638. The van der Waals surface area contributed by atoms with Crippen LogP contribution in [-0.2, 0) is 12.8 Å². The van der Waals surface area contributed by atoms with E-state index in [1.807, 2.05) is 18.2 Å². The van der Waals surface area contributed by atoms with Gasteiger partial charge in [0, 0.05) is 22.2 Å². The molecule has 0 atom stereocenters. The van der Waals surface area contributed by atoms with E-state index in [2.05, 4.69) is 12.1 Å².